The summed E-state index contributed by atoms with van der Waals surface area (Å²) in [6.45, 7) is 24.6. The Hall–Kier alpha value is -8.19. The monoisotopic (exact) mass is 1320 g/mol. The van der Waals surface area contributed by atoms with Crippen LogP contribution in [0, 0.1) is 83.1 Å². The second-order valence-electron chi connectivity index (χ2n) is 22.6. The largest absolute Gasteiger partial charge is 2.00 e. The van der Waals surface area contributed by atoms with Crippen molar-refractivity contribution in [3.05, 3.63) is 201 Å². The van der Waals surface area contributed by atoms with Gasteiger partial charge in [0.1, 0.15) is 0 Å². The number of aliphatic imine (C=N–C) groups is 1. The van der Waals surface area contributed by atoms with Gasteiger partial charge in [-0.1, -0.05) is 48.5 Å². The smallest absolute Gasteiger partial charge is 0.660 e. The van der Waals surface area contributed by atoms with Crippen molar-refractivity contribution in [2.24, 2.45) is 4.99 Å². The molecule has 4 amide bonds. The van der Waals surface area contributed by atoms with Crippen molar-refractivity contribution in [1.82, 2.24) is 33.8 Å². The molecule has 2 aliphatic rings. The molecule has 0 radical (unpaired) electrons. The molecule has 0 saturated carbocycles. The van der Waals surface area contributed by atoms with Crippen molar-refractivity contribution in [3.63, 3.8) is 0 Å². The van der Waals surface area contributed by atoms with E-state index in [-0.39, 0.29) is 76.0 Å². The van der Waals surface area contributed by atoms with E-state index in [9.17, 15) is 52.8 Å². The number of rotatable bonds is 12. The summed E-state index contributed by atoms with van der Waals surface area (Å²) < 4.78 is 122. The maximum atomic E-state index is 14.2. The van der Waals surface area contributed by atoms with Crippen molar-refractivity contribution in [3.8, 4) is 0 Å². The number of nitrogens with zero attached hydrogens (tertiary/aromatic N) is 3. The van der Waals surface area contributed by atoms with Gasteiger partial charge in [-0.25, -0.2) is 57.6 Å². The molecule has 3 aromatic heterocycles. The molecule has 1 atom stereocenters. The van der Waals surface area contributed by atoms with E-state index in [1.165, 1.54) is 0 Å². The van der Waals surface area contributed by atoms with Crippen molar-refractivity contribution in [2.45, 2.75) is 136 Å². The summed E-state index contributed by atoms with van der Waals surface area (Å²) in [5, 5.41) is 0.756. The minimum atomic E-state index is -4.49. The molecule has 2 aliphatic heterocycles. The topological polar surface area (TPSA) is 309 Å². The summed E-state index contributed by atoms with van der Waals surface area (Å²) in [6.07, 6.45) is 3.45. The maximum Gasteiger partial charge on any atom is 2.00 e. The van der Waals surface area contributed by atoms with E-state index in [0.717, 1.165) is 27.7 Å². The molecule has 25 heteroatoms. The van der Waals surface area contributed by atoms with Gasteiger partial charge in [0, 0.05) is 44.0 Å². The number of hydrogen-bond donors (Lipinski definition) is 5. The Morgan fingerprint density at radius 1 is 0.416 bits per heavy atom. The Kier molecular flexibility index (Phi) is 18.0. The summed E-state index contributed by atoms with van der Waals surface area (Å²) in [6, 6.07) is 17.3. The summed E-state index contributed by atoms with van der Waals surface area (Å²) in [5.74, 6) is -4.25. The number of carbonyl (C=O) groups excluding carboxylic acids is 4. The normalized spacial score (nSPS) is 14.3. The molecule has 89 heavy (non-hydrogen) atoms. The molecule has 9 rings (SSSR count). The second-order valence-corrected chi connectivity index (χ2v) is 29.1. The molecule has 1 unspecified atom stereocenters. The van der Waals surface area contributed by atoms with Gasteiger partial charge in [0.05, 0.1) is 31.0 Å². The predicted molar refractivity (Wildman–Crippen MR) is 334 cm³/mol. The zero-order valence-corrected chi connectivity index (χ0v) is 56.1. The maximum absolute atomic E-state index is 14.2. The van der Waals surface area contributed by atoms with Crippen LogP contribution >= 0.6 is 0 Å². The molecule has 7 aromatic rings. The van der Waals surface area contributed by atoms with Crippen LogP contribution < -0.4 is 39.6 Å². The first kappa shape index (κ1) is 66.8. The molecule has 5 N–H and O–H groups in total. The van der Waals surface area contributed by atoms with E-state index < -0.39 is 69.6 Å². The molecular formula is C64H66FeN8O12S4. The van der Waals surface area contributed by atoms with Crippen LogP contribution in [0.1, 0.15) is 145 Å². The van der Waals surface area contributed by atoms with Crippen molar-refractivity contribution in [2.75, 3.05) is 0 Å². The van der Waals surface area contributed by atoms with Crippen molar-refractivity contribution < 1.29 is 69.9 Å². The SMILES string of the molecule is CC(=O)NS(=O)(=O)c1c(C)cc(C)c(C2=C3C=CC(=N3)C(c3c(C)cc(C)c(S(=O)(=O)NC(C)=O)c3C)=c3ccc([nH]3)=C(c3c(C)cc(C)c(S(=O)(=O)NC(C)=O)c3C)c3ccc([n-]3)C(c3c(C)cc(C)c(S(=O)(=O)NC(C)=O)c3C)c3ccc2[n-]3)c1C.[Fe+2]. The number of amides is 4. The average Bonchev–Trinajstić information content (AvgIpc) is 1.90. The molecule has 0 saturated heterocycles. The number of H-pyrrole nitrogens is 1. The van der Waals surface area contributed by atoms with Gasteiger partial charge < -0.3 is 15.0 Å². The van der Waals surface area contributed by atoms with E-state index in [2.05, 4.69) is 23.9 Å². The van der Waals surface area contributed by atoms with E-state index in [0.29, 0.717) is 111 Å². The zero-order chi connectivity index (χ0) is 64.9. The summed E-state index contributed by atoms with van der Waals surface area (Å²) in [5.41, 5.74) is 9.43. The van der Waals surface area contributed by atoms with E-state index in [4.69, 9.17) is 15.0 Å². The molecule has 0 aliphatic carbocycles. The molecular weight excluding hydrogens is 1260 g/mol. The third kappa shape index (κ3) is 12.1. The van der Waals surface area contributed by atoms with Gasteiger partial charge in [-0.2, -0.15) is 0 Å². The molecule has 5 heterocycles. The number of benzene rings is 4. The zero-order valence-electron chi connectivity index (χ0n) is 51.7. The number of allylic oxidation sites excluding steroid dienone is 2. The van der Waals surface area contributed by atoms with Gasteiger partial charge in [-0.15, -0.1) is 22.8 Å². The third-order valence-electron chi connectivity index (χ3n) is 15.7. The standard InChI is InChI=1S/C64H68N8O12S4.Fe/c1-29-25-33(5)61(85(77,78)69-41(13)73)37(9)53(29)57-45-17-19-47(65-45)58(54-30(2)26-34(6)62(38(54)10)86(79,80)70-42(14)74)49-21-23-51(67-49)60(56-32(4)28-36(8)64(40(56)12)88(83,84)72-44(16)76)52-24-22-50(68-52)59(48-20-18-46(57)66-48)55-31(3)27-35(7)63(39(55)11)87(81,82)71-43(15)75;/h17-28,57H,1-16H3,(H7,65,66,67,68,69,70,71,72,73,74,75,76);/q;+2/p-2. The van der Waals surface area contributed by atoms with E-state index in [1.807, 2.05) is 20.8 Å². The van der Waals surface area contributed by atoms with Crippen LogP contribution in [0.4, 0.5) is 0 Å². The van der Waals surface area contributed by atoms with Crippen molar-refractivity contribution >= 4 is 86.2 Å². The molecule has 20 nitrogen and oxygen atoms in total. The Morgan fingerprint density at radius 3 is 1.12 bits per heavy atom. The summed E-state index contributed by atoms with van der Waals surface area (Å²) in [4.78, 5) is 69.2. The van der Waals surface area contributed by atoms with Crippen LogP contribution in [-0.4, -0.2) is 68.0 Å². The van der Waals surface area contributed by atoms with Crippen molar-refractivity contribution in [1.29, 1.82) is 0 Å². The van der Waals surface area contributed by atoms with Gasteiger partial charge in [0.25, 0.3) is 40.1 Å². The molecule has 0 spiro atoms. The van der Waals surface area contributed by atoms with Crippen LogP contribution in [0.2, 0.25) is 0 Å². The fourth-order valence-corrected chi connectivity index (χ4v) is 19.1. The third-order valence-corrected chi connectivity index (χ3v) is 22.6. The average molecular weight is 1320 g/mol. The van der Waals surface area contributed by atoms with Gasteiger partial charge in [0.2, 0.25) is 23.6 Å². The number of aromatic nitrogens is 3. The van der Waals surface area contributed by atoms with Gasteiger partial charge in [-0.05, 0) is 213 Å². The number of aromatic amines is 1. The van der Waals surface area contributed by atoms with E-state index >= 15 is 0 Å². The van der Waals surface area contributed by atoms with Gasteiger partial charge in [-0.3, -0.25) is 19.2 Å². The van der Waals surface area contributed by atoms with Gasteiger partial charge in [0.15, 0.2) is 0 Å². The first-order valence-corrected chi connectivity index (χ1v) is 33.6. The molecule has 466 valence electrons. The van der Waals surface area contributed by atoms with Gasteiger partial charge >= 0.3 is 17.1 Å². The first-order valence-electron chi connectivity index (χ1n) is 27.7. The van der Waals surface area contributed by atoms with Crippen LogP contribution in [0.25, 0.3) is 16.7 Å². The fourth-order valence-electron chi connectivity index (χ4n) is 13.2. The number of carbonyl (C=O) groups is 4. The molecule has 4 aromatic carbocycles. The fraction of sp³-hybridized carbons (Fsp3) is 0.266. The molecule has 0 fully saturated rings. The van der Waals surface area contributed by atoms with Crippen LogP contribution in [0.15, 0.2) is 103 Å². The number of nitrogens with one attached hydrogen (secondary N) is 5. The Bertz CT molecular complexity index is 5030. The quantitative estimate of drug-likeness (QED) is 0.0835. The van der Waals surface area contributed by atoms with Crippen LogP contribution in [0.5, 0.6) is 0 Å². The minimum Gasteiger partial charge on any atom is -0.660 e. The van der Waals surface area contributed by atoms with E-state index in [1.54, 1.807) is 135 Å². The van der Waals surface area contributed by atoms with Crippen LogP contribution in [-0.2, 0) is 76.3 Å². The Balaban J connectivity index is 0.0000102. The number of fused-ring (bicyclic) bond motifs is 7. The predicted octanol–water partition coefficient (Wildman–Crippen LogP) is 6.34. The number of hydrogen-bond acceptors (Lipinski definition) is 13. The summed E-state index contributed by atoms with van der Waals surface area (Å²) in [7, 11) is -18.0. The number of aryl methyl sites for hydroxylation is 8. The van der Waals surface area contributed by atoms with Crippen LogP contribution in [0.3, 0.4) is 0 Å². The number of sulfonamides is 4. The second kappa shape index (κ2) is 24.0. The first-order chi connectivity index (χ1) is 40.9. The molecule has 8 bridgehead atoms. The summed E-state index contributed by atoms with van der Waals surface area (Å²) >= 11 is 0. The minimum absolute atomic E-state index is 0. The Labute approximate surface area is 528 Å². The Morgan fingerprint density at radius 2 is 0.742 bits per heavy atom.